The Morgan fingerprint density at radius 3 is 2.43 bits per heavy atom. The highest BCUT2D eigenvalue weighted by Gasteiger charge is 2.36. The molecule has 144 valence electrons. The molecular weight excluding hydrogens is 352 g/mol. The van der Waals surface area contributed by atoms with Gasteiger partial charge in [0.15, 0.2) is 0 Å². The van der Waals surface area contributed by atoms with Crippen molar-refractivity contribution in [3.63, 3.8) is 0 Å². The van der Waals surface area contributed by atoms with E-state index in [1.807, 2.05) is 55.5 Å². The molecule has 4 nitrogen and oxygen atoms in total. The fraction of sp³-hybridized carbons (Fsp3) is 0.292. The van der Waals surface area contributed by atoms with Crippen LogP contribution in [0.3, 0.4) is 0 Å². The molecule has 0 N–H and O–H groups in total. The van der Waals surface area contributed by atoms with Gasteiger partial charge < -0.3 is 13.9 Å². The number of hydrogen-bond acceptors (Lipinski definition) is 4. The molecule has 1 aromatic heterocycles. The third-order valence-corrected chi connectivity index (χ3v) is 5.43. The zero-order valence-corrected chi connectivity index (χ0v) is 16.2. The van der Waals surface area contributed by atoms with Gasteiger partial charge in [-0.1, -0.05) is 60.7 Å². The van der Waals surface area contributed by atoms with Crippen LogP contribution >= 0.6 is 0 Å². The van der Waals surface area contributed by atoms with Gasteiger partial charge in [-0.2, -0.15) is 0 Å². The van der Waals surface area contributed by atoms with Crippen LogP contribution in [-0.4, -0.2) is 13.1 Å². The highest BCUT2D eigenvalue weighted by Crippen LogP contribution is 2.43. The Morgan fingerprint density at radius 1 is 1.07 bits per heavy atom. The molecule has 4 heteroatoms. The van der Waals surface area contributed by atoms with Crippen LogP contribution in [0.2, 0.25) is 0 Å². The van der Waals surface area contributed by atoms with E-state index in [0.29, 0.717) is 11.3 Å². The minimum absolute atomic E-state index is 0.164. The first-order valence-electron chi connectivity index (χ1n) is 9.58. The molecule has 0 amide bonds. The highest BCUT2D eigenvalue weighted by atomic mass is 16.5. The number of methoxy groups -OCH3 is 1. The van der Waals surface area contributed by atoms with Crippen molar-refractivity contribution < 1.29 is 18.7 Å². The van der Waals surface area contributed by atoms with Crippen LogP contribution in [0.25, 0.3) is 0 Å². The van der Waals surface area contributed by atoms with Crippen molar-refractivity contribution in [1.29, 1.82) is 0 Å². The molecule has 1 aliphatic rings. The standard InChI is InChI=1S/C24H24O4/c1-16-22(24(25)27-15-17-9-5-3-6-10-17)20-13-19(18-11-7-4-8-12-18)14-21(26-2)23(20)28-16/h3-12,19,21H,13-15H2,1-2H3. The van der Waals surface area contributed by atoms with Crippen LogP contribution in [0.4, 0.5) is 0 Å². The Kier molecular flexibility index (Phi) is 5.31. The molecule has 0 bridgehead atoms. The molecule has 0 aliphatic heterocycles. The Bertz CT molecular complexity index is 943. The van der Waals surface area contributed by atoms with Gasteiger partial charge in [-0.15, -0.1) is 0 Å². The van der Waals surface area contributed by atoms with Crippen LogP contribution in [0.15, 0.2) is 65.1 Å². The lowest BCUT2D eigenvalue weighted by Gasteiger charge is -2.28. The highest BCUT2D eigenvalue weighted by molar-refractivity contribution is 5.92. The average Bonchev–Trinajstić information content (AvgIpc) is 3.08. The Hall–Kier alpha value is -2.85. The monoisotopic (exact) mass is 376 g/mol. The van der Waals surface area contributed by atoms with E-state index in [9.17, 15) is 4.79 Å². The summed E-state index contributed by atoms with van der Waals surface area (Å²) in [5, 5.41) is 0. The smallest absolute Gasteiger partial charge is 0.342 e. The number of ether oxygens (including phenoxy) is 2. The predicted molar refractivity (Wildman–Crippen MR) is 106 cm³/mol. The molecule has 28 heavy (non-hydrogen) atoms. The molecule has 0 saturated heterocycles. The summed E-state index contributed by atoms with van der Waals surface area (Å²) in [4.78, 5) is 12.9. The fourth-order valence-electron chi connectivity index (χ4n) is 4.02. The lowest BCUT2D eigenvalue weighted by Crippen LogP contribution is -2.19. The van der Waals surface area contributed by atoms with Crippen molar-refractivity contribution in [2.75, 3.05) is 7.11 Å². The van der Waals surface area contributed by atoms with Gasteiger partial charge in [0.25, 0.3) is 0 Å². The SMILES string of the molecule is COC1CC(c2ccccc2)Cc2c1oc(C)c2C(=O)OCc1ccccc1. The first-order valence-corrected chi connectivity index (χ1v) is 9.58. The second-order valence-electron chi connectivity index (χ2n) is 7.21. The first kappa shape index (κ1) is 18.5. The molecule has 0 fully saturated rings. The molecular formula is C24H24O4. The van der Waals surface area contributed by atoms with Gasteiger partial charge in [0, 0.05) is 12.7 Å². The molecule has 2 unspecified atom stereocenters. The third kappa shape index (κ3) is 3.60. The maximum absolute atomic E-state index is 12.9. The van der Waals surface area contributed by atoms with Crippen molar-refractivity contribution >= 4 is 5.97 Å². The number of aryl methyl sites for hydroxylation is 1. The van der Waals surface area contributed by atoms with E-state index >= 15 is 0 Å². The second kappa shape index (κ2) is 8.03. The summed E-state index contributed by atoms with van der Waals surface area (Å²) in [6.45, 7) is 2.07. The zero-order valence-electron chi connectivity index (χ0n) is 16.2. The maximum atomic E-state index is 12.9. The van der Waals surface area contributed by atoms with E-state index < -0.39 is 0 Å². The van der Waals surface area contributed by atoms with E-state index in [1.54, 1.807) is 7.11 Å². The van der Waals surface area contributed by atoms with Crippen molar-refractivity contribution in [3.05, 3.63) is 94.4 Å². The Labute approximate surface area is 165 Å². The average molecular weight is 376 g/mol. The largest absolute Gasteiger partial charge is 0.462 e. The van der Waals surface area contributed by atoms with Gasteiger partial charge in [0.2, 0.25) is 0 Å². The van der Waals surface area contributed by atoms with Crippen LogP contribution in [0.1, 0.15) is 57.0 Å². The van der Waals surface area contributed by atoms with Crippen LogP contribution in [-0.2, 0) is 22.5 Å². The molecule has 0 saturated carbocycles. The number of benzene rings is 2. The minimum Gasteiger partial charge on any atom is -0.462 e. The molecule has 0 spiro atoms. The summed E-state index contributed by atoms with van der Waals surface area (Å²) >= 11 is 0. The lowest BCUT2D eigenvalue weighted by molar-refractivity contribution is 0.0468. The van der Waals surface area contributed by atoms with E-state index in [2.05, 4.69) is 12.1 Å². The zero-order chi connectivity index (χ0) is 19.5. The Morgan fingerprint density at radius 2 is 1.75 bits per heavy atom. The van der Waals surface area contributed by atoms with Crippen LogP contribution < -0.4 is 0 Å². The second-order valence-corrected chi connectivity index (χ2v) is 7.21. The Balaban J connectivity index is 1.61. The van der Waals surface area contributed by atoms with Gasteiger partial charge in [-0.05, 0) is 36.8 Å². The van der Waals surface area contributed by atoms with Gasteiger partial charge in [-0.3, -0.25) is 0 Å². The number of carbonyl (C=O) groups is 1. The first-order chi connectivity index (χ1) is 13.7. The number of carbonyl (C=O) groups excluding carboxylic acids is 1. The van der Waals surface area contributed by atoms with Gasteiger partial charge in [0.05, 0.1) is 0 Å². The van der Waals surface area contributed by atoms with Crippen molar-refractivity contribution in [2.45, 2.75) is 38.4 Å². The number of esters is 1. The van der Waals surface area contributed by atoms with Gasteiger partial charge in [-0.25, -0.2) is 4.79 Å². The van der Waals surface area contributed by atoms with Crippen LogP contribution in [0, 0.1) is 6.92 Å². The summed E-state index contributed by atoms with van der Waals surface area (Å²) in [6, 6.07) is 20.0. The molecule has 2 atom stereocenters. The molecule has 4 rings (SSSR count). The molecule has 1 heterocycles. The normalized spacial score (nSPS) is 18.5. The van der Waals surface area contributed by atoms with Crippen molar-refractivity contribution in [2.24, 2.45) is 0 Å². The third-order valence-electron chi connectivity index (χ3n) is 5.43. The number of hydrogen-bond donors (Lipinski definition) is 0. The molecule has 3 aromatic rings. The molecule has 2 aromatic carbocycles. The summed E-state index contributed by atoms with van der Waals surface area (Å²) < 4.78 is 17.3. The van der Waals surface area contributed by atoms with Crippen molar-refractivity contribution in [3.8, 4) is 0 Å². The van der Waals surface area contributed by atoms with E-state index in [-0.39, 0.29) is 24.6 Å². The van der Waals surface area contributed by atoms with E-state index in [0.717, 1.165) is 29.7 Å². The van der Waals surface area contributed by atoms with Gasteiger partial charge >= 0.3 is 5.97 Å². The van der Waals surface area contributed by atoms with Crippen LogP contribution in [0.5, 0.6) is 0 Å². The molecule has 1 aliphatic carbocycles. The lowest BCUT2D eigenvalue weighted by atomic mass is 9.80. The maximum Gasteiger partial charge on any atom is 0.342 e. The predicted octanol–water partition coefficient (Wildman–Crippen LogP) is 5.36. The fourth-order valence-corrected chi connectivity index (χ4v) is 4.02. The van der Waals surface area contributed by atoms with Gasteiger partial charge in [0.1, 0.15) is 29.8 Å². The van der Waals surface area contributed by atoms with E-state index in [1.165, 1.54) is 5.56 Å². The summed E-state index contributed by atoms with van der Waals surface area (Å²) in [5.41, 5.74) is 3.68. The summed E-state index contributed by atoms with van der Waals surface area (Å²) in [5.74, 6) is 1.30. The van der Waals surface area contributed by atoms with E-state index in [4.69, 9.17) is 13.9 Å². The quantitative estimate of drug-likeness (QED) is 0.562. The molecule has 0 radical (unpaired) electrons. The number of fused-ring (bicyclic) bond motifs is 1. The number of furan rings is 1. The summed E-state index contributed by atoms with van der Waals surface area (Å²) in [7, 11) is 1.69. The number of rotatable bonds is 5. The minimum atomic E-state index is -0.338. The van der Waals surface area contributed by atoms with Crippen molar-refractivity contribution in [1.82, 2.24) is 0 Å². The summed E-state index contributed by atoms with van der Waals surface area (Å²) in [6.07, 6.45) is 1.41. The topological polar surface area (TPSA) is 48.7 Å².